The Labute approximate surface area is 112 Å². The number of hydrogen-bond donors (Lipinski definition) is 2. The fourth-order valence-corrected chi connectivity index (χ4v) is 2.15. The Hall–Kier alpha value is -1.68. The second-order valence-electron chi connectivity index (χ2n) is 4.74. The summed E-state index contributed by atoms with van der Waals surface area (Å²) in [4.78, 5) is 11.6. The zero-order chi connectivity index (χ0) is 13.5. The minimum atomic E-state index is -0.305. The van der Waals surface area contributed by atoms with Crippen LogP contribution < -0.4 is 10.6 Å². The fourth-order valence-electron chi connectivity index (χ4n) is 2.15. The molecule has 102 valence electrons. The molecule has 0 aliphatic heterocycles. The van der Waals surface area contributed by atoms with Crippen LogP contribution in [0.5, 0.6) is 0 Å². The van der Waals surface area contributed by atoms with Crippen molar-refractivity contribution < 1.29 is 9.18 Å². The summed E-state index contributed by atoms with van der Waals surface area (Å²) < 4.78 is 12.7. The summed E-state index contributed by atoms with van der Waals surface area (Å²) >= 11 is 0. The van der Waals surface area contributed by atoms with E-state index in [0.29, 0.717) is 5.69 Å². The second kappa shape index (κ2) is 7.04. The lowest BCUT2D eigenvalue weighted by molar-refractivity contribution is -0.115. The normalized spacial score (nSPS) is 14.3. The number of hydrogen-bond acceptors (Lipinski definition) is 2. The highest BCUT2D eigenvalue weighted by Crippen LogP contribution is 2.19. The van der Waals surface area contributed by atoms with Crippen molar-refractivity contribution >= 4 is 11.6 Å². The van der Waals surface area contributed by atoms with Crippen LogP contribution in [0.1, 0.15) is 25.7 Å². The van der Waals surface area contributed by atoms with Crippen LogP contribution in [0.3, 0.4) is 0 Å². The lowest BCUT2D eigenvalue weighted by Crippen LogP contribution is -2.28. The maximum absolute atomic E-state index is 12.7. The molecular weight excluding hydrogens is 243 g/mol. The predicted molar refractivity (Wildman–Crippen MR) is 74.5 cm³/mol. The van der Waals surface area contributed by atoms with Crippen LogP contribution in [0.2, 0.25) is 0 Å². The minimum Gasteiger partial charge on any atom is -0.325 e. The van der Waals surface area contributed by atoms with Gasteiger partial charge in [0, 0.05) is 5.69 Å². The Kier molecular flexibility index (Phi) is 5.10. The molecule has 0 atom stereocenters. The van der Waals surface area contributed by atoms with E-state index < -0.39 is 0 Å². The van der Waals surface area contributed by atoms with Gasteiger partial charge in [-0.15, -0.1) is 0 Å². The number of rotatable bonds is 6. The van der Waals surface area contributed by atoms with E-state index in [1.54, 1.807) is 12.1 Å². The first-order chi connectivity index (χ1) is 9.24. The Morgan fingerprint density at radius 3 is 2.74 bits per heavy atom. The topological polar surface area (TPSA) is 41.1 Å². The third-order valence-electron chi connectivity index (χ3n) is 3.17. The molecule has 1 aliphatic carbocycles. The molecule has 0 spiro atoms. The summed E-state index contributed by atoms with van der Waals surface area (Å²) in [5.74, 6) is -0.409. The number of benzene rings is 1. The van der Waals surface area contributed by atoms with Crippen molar-refractivity contribution in [2.24, 2.45) is 0 Å². The van der Waals surface area contributed by atoms with Gasteiger partial charge in [-0.2, -0.15) is 0 Å². The Bertz CT molecular complexity index is 454. The third-order valence-corrected chi connectivity index (χ3v) is 3.17. The quantitative estimate of drug-likeness (QED) is 0.611. The van der Waals surface area contributed by atoms with E-state index in [0.717, 1.165) is 13.0 Å². The summed E-state index contributed by atoms with van der Waals surface area (Å²) in [6.45, 7) is 1.10. The van der Waals surface area contributed by atoms with E-state index in [9.17, 15) is 9.18 Å². The molecule has 0 saturated carbocycles. The first-order valence-electron chi connectivity index (χ1n) is 6.68. The summed E-state index contributed by atoms with van der Waals surface area (Å²) in [7, 11) is 0. The average molecular weight is 262 g/mol. The molecule has 19 heavy (non-hydrogen) atoms. The lowest BCUT2D eigenvalue weighted by atomic mass is 10.2. The van der Waals surface area contributed by atoms with Crippen molar-refractivity contribution in [2.45, 2.75) is 25.7 Å². The van der Waals surface area contributed by atoms with Gasteiger partial charge in [0.2, 0.25) is 5.91 Å². The van der Waals surface area contributed by atoms with Crippen LogP contribution in [0, 0.1) is 5.82 Å². The van der Waals surface area contributed by atoms with Gasteiger partial charge >= 0.3 is 0 Å². The molecule has 1 aliphatic rings. The molecule has 3 nitrogen and oxygen atoms in total. The summed E-state index contributed by atoms with van der Waals surface area (Å²) in [6, 6.07) is 5.76. The van der Waals surface area contributed by atoms with E-state index in [1.807, 2.05) is 0 Å². The van der Waals surface area contributed by atoms with Crippen molar-refractivity contribution in [3.8, 4) is 0 Å². The zero-order valence-electron chi connectivity index (χ0n) is 10.9. The van der Waals surface area contributed by atoms with Gasteiger partial charge in [-0.25, -0.2) is 4.39 Å². The molecule has 1 aromatic carbocycles. The molecule has 2 rings (SSSR count). The number of nitrogens with one attached hydrogen (secondary N) is 2. The molecule has 4 heteroatoms. The van der Waals surface area contributed by atoms with Gasteiger partial charge < -0.3 is 10.6 Å². The average Bonchev–Trinajstić information content (AvgIpc) is 2.91. The number of halogens is 1. The smallest absolute Gasteiger partial charge is 0.238 e. The van der Waals surface area contributed by atoms with Crippen LogP contribution in [-0.2, 0) is 4.79 Å². The van der Waals surface area contributed by atoms with Crippen LogP contribution in [-0.4, -0.2) is 19.0 Å². The third kappa shape index (κ3) is 4.83. The largest absolute Gasteiger partial charge is 0.325 e. The van der Waals surface area contributed by atoms with Crippen molar-refractivity contribution in [1.82, 2.24) is 5.32 Å². The molecule has 0 saturated heterocycles. The van der Waals surface area contributed by atoms with Crippen LogP contribution >= 0.6 is 0 Å². The highest BCUT2D eigenvalue weighted by molar-refractivity contribution is 5.92. The van der Waals surface area contributed by atoms with Gasteiger partial charge in [0.1, 0.15) is 5.82 Å². The number of anilines is 1. The van der Waals surface area contributed by atoms with Gasteiger partial charge in [0.15, 0.2) is 0 Å². The van der Waals surface area contributed by atoms with Gasteiger partial charge in [0.05, 0.1) is 6.54 Å². The molecule has 1 amide bonds. The molecular formula is C15H19FN2O. The van der Waals surface area contributed by atoms with Crippen molar-refractivity contribution in [1.29, 1.82) is 0 Å². The molecule has 0 aromatic heterocycles. The number of carbonyl (C=O) groups is 1. The molecule has 0 heterocycles. The van der Waals surface area contributed by atoms with E-state index in [2.05, 4.69) is 16.7 Å². The lowest BCUT2D eigenvalue weighted by Gasteiger charge is -2.07. The molecule has 2 N–H and O–H groups in total. The van der Waals surface area contributed by atoms with Gasteiger partial charge in [-0.1, -0.05) is 11.6 Å². The number of allylic oxidation sites excluding steroid dienone is 1. The molecule has 0 fully saturated rings. The first-order valence-corrected chi connectivity index (χ1v) is 6.68. The van der Waals surface area contributed by atoms with E-state index in [4.69, 9.17) is 0 Å². The number of carbonyl (C=O) groups excluding carboxylic acids is 1. The second-order valence-corrected chi connectivity index (χ2v) is 4.74. The van der Waals surface area contributed by atoms with Gasteiger partial charge in [-0.3, -0.25) is 4.79 Å². The summed E-state index contributed by atoms with van der Waals surface area (Å²) in [5.41, 5.74) is 2.11. The molecule has 0 unspecified atom stereocenters. The van der Waals surface area contributed by atoms with E-state index in [1.165, 1.54) is 37.0 Å². The molecule has 0 bridgehead atoms. The highest BCUT2D eigenvalue weighted by Gasteiger charge is 2.05. The zero-order valence-corrected chi connectivity index (χ0v) is 10.9. The summed E-state index contributed by atoms with van der Waals surface area (Å²) in [6.07, 6.45) is 6.97. The fraction of sp³-hybridized carbons (Fsp3) is 0.400. The van der Waals surface area contributed by atoms with E-state index >= 15 is 0 Å². The van der Waals surface area contributed by atoms with Crippen LogP contribution in [0.25, 0.3) is 0 Å². The molecule has 1 aromatic rings. The van der Waals surface area contributed by atoms with Crippen molar-refractivity contribution in [3.63, 3.8) is 0 Å². The maximum Gasteiger partial charge on any atom is 0.238 e. The summed E-state index contributed by atoms with van der Waals surface area (Å²) in [5, 5.41) is 5.83. The highest BCUT2D eigenvalue weighted by atomic mass is 19.1. The number of amides is 1. The minimum absolute atomic E-state index is 0.105. The van der Waals surface area contributed by atoms with Crippen LogP contribution in [0.15, 0.2) is 35.9 Å². The molecule has 0 radical (unpaired) electrons. The predicted octanol–water partition coefficient (Wildman–Crippen LogP) is 2.85. The SMILES string of the molecule is O=C(CNCCC1=CCCC1)Nc1ccc(F)cc1. The van der Waals surface area contributed by atoms with Crippen molar-refractivity contribution in [3.05, 3.63) is 41.7 Å². The van der Waals surface area contributed by atoms with Crippen LogP contribution in [0.4, 0.5) is 10.1 Å². The van der Waals surface area contributed by atoms with E-state index in [-0.39, 0.29) is 18.3 Å². The monoisotopic (exact) mass is 262 g/mol. The first kappa shape index (κ1) is 13.7. The Morgan fingerprint density at radius 2 is 2.05 bits per heavy atom. The van der Waals surface area contributed by atoms with Gasteiger partial charge in [0.25, 0.3) is 0 Å². The standard InChI is InChI=1S/C15H19FN2O/c16-13-5-7-14(8-6-13)18-15(19)11-17-10-9-12-3-1-2-4-12/h3,5-8,17H,1-2,4,9-11H2,(H,18,19). The van der Waals surface area contributed by atoms with Gasteiger partial charge in [-0.05, 0) is 56.5 Å². The van der Waals surface area contributed by atoms with Crippen molar-refractivity contribution in [2.75, 3.05) is 18.4 Å². The Morgan fingerprint density at radius 1 is 1.26 bits per heavy atom. The Balaban J connectivity index is 1.63. The maximum atomic E-state index is 12.7.